The van der Waals surface area contributed by atoms with Gasteiger partial charge in [0.05, 0.1) is 5.75 Å². The van der Waals surface area contributed by atoms with Gasteiger partial charge in [-0.3, -0.25) is 0 Å². The molecule has 0 aliphatic rings. The number of rotatable bonds is 4. The van der Waals surface area contributed by atoms with Gasteiger partial charge in [0.15, 0.2) is 0 Å². The first kappa shape index (κ1) is 12.4. The molecule has 0 fully saturated rings. The highest BCUT2D eigenvalue weighted by Gasteiger charge is 2.30. The highest BCUT2D eigenvalue weighted by molar-refractivity contribution is 7.87. The summed E-state index contributed by atoms with van der Waals surface area (Å²) in [6.07, 6.45) is 0. The molecule has 0 aliphatic carbocycles. The Bertz CT molecular complexity index is 412. The summed E-state index contributed by atoms with van der Waals surface area (Å²) in [4.78, 5) is 0. The SMILES string of the molecule is CCS(=O)(=O)O[Si](C)(C)c1ccccc1. The topological polar surface area (TPSA) is 43.4 Å². The Labute approximate surface area is 92.3 Å². The Hall–Kier alpha value is -0.653. The van der Waals surface area contributed by atoms with Crippen LogP contribution in [-0.2, 0) is 14.0 Å². The lowest BCUT2D eigenvalue weighted by molar-refractivity contribution is 0.490. The van der Waals surface area contributed by atoms with Crippen molar-refractivity contribution in [2.45, 2.75) is 20.0 Å². The summed E-state index contributed by atoms with van der Waals surface area (Å²) in [5.41, 5.74) is 0. The van der Waals surface area contributed by atoms with Crippen molar-refractivity contribution in [3.8, 4) is 0 Å². The number of hydrogen-bond acceptors (Lipinski definition) is 3. The van der Waals surface area contributed by atoms with Gasteiger partial charge in [0.1, 0.15) is 0 Å². The van der Waals surface area contributed by atoms with Crippen LogP contribution in [0, 0.1) is 0 Å². The third kappa shape index (κ3) is 3.44. The van der Waals surface area contributed by atoms with Crippen LogP contribution < -0.4 is 5.19 Å². The van der Waals surface area contributed by atoms with Crippen molar-refractivity contribution >= 4 is 23.6 Å². The Morgan fingerprint density at radius 3 is 2.20 bits per heavy atom. The first-order valence-electron chi connectivity index (χ1n) is 4.86. The van der Waals surface area contributed by atoms with E-state index in [9.17, 15) is 8.42 Å². The van der Waals surface area contributed by atoms with Crippen molar-refractivity contribution in [1.82, 2.24) is 0 Å². The number of benzene rings is 1. The summed E-state index contributed by atoms with van der Waals surface area (Å²) in [6, 6.07) is 9.52. The van der Waals surface area contributed by atoms with Crippen LogP contribution in [0.2, 0.25) is 13.1 Å². The number of hydrogen-bond donors (Lipinski definition) is 0. The summed E-state index contributed by atoms with van der Waals surface area (Å²) in [7, 11) is -5.69. The summed E-state index contributed by atoms with van der Waals surface area (Å²) in [5.74, 6) is 0.0241. The monoisotopic (exact) mass is 244 g/mol. The molecule has 1 rings (SSSR count). The van der Waals surface area contributed by atoms with Crippen molar-refractivity contribution in [1.29, 1.82) is 0 Å². The molecule has 0 saturated heterocycles. The Balaban J connectivity index is 2.95. The van der Waals surface area contributed by atoms with E-state index in [0.29, 0.717) is 0 Å². The predicted molar refractivity (Wildman–Crippen MR) is 64.1 cm³/mol. The highest BCUT2D eigenvalue weighted by Crippen LogP contribution is 2.09. The zero-order valence-electron chi connectivity index (χ0n) is 9.23. The van der Waals surface area contributed by atoms with Crippen LogP contribution in [0.15, 0.2) is 30.3 Å². The maximum Gasteiger partial charge on any atom is 0.257 e. The fourth-order valence-corrected chi connectivity index (χ4v) is 5.65. The van der Waals surface area contributed by atoms with Gasteiger partial charge in [-0.2, -0.15) is 0 Å². The van der Waals surface area contributed by atoms with E-state index in [1.807, 2.05) is 43.4 Å². The molecule has 0 bridgehead atoms. The van der Waals surface area contributed by atoms with Crippen molar-refractivity contribution in [3.63, 3.8) is 0 Å². The summed E-state index contributed by atoms with van der Waals surface area (Å²) < 4.78 is 28.1. The van der Waals surface area contributed by atoms with Crippen LogP contribution in [0.25, 0.3) is 0 Å². The molecule has 1 aromatic rings. The van der Waals surface area contributed by atoms with E-state index in [2.05, 4.69) is 0 Å². The van der Waals surface area contributed by atoms with E-state index >= 15 is 0 Å². The standard InChI is InChI=1S/C10H16O3SSi/c1-4-14(11,12)13-15(2,3)10-8-6-5-7-9-10/h5-9H,4H2,1-3H3. The molecule has 84 valence electrons. The molecule has 0 unspecified atom stereocenters. The molecule has 0 atom stereocenters. The molecule has 0 saturated carbocycles. The first-order chi connectivity index (χ1) is 6.87. The van der Waals surface area contributed by atoms with E-state index in [0.717, 1.165) is 5.19 Å². The molecule has 0 aromatic heterocycles. The fraction of sp³-hybridized carbons (Fsp3) is 0.400. The minimum absolute atomic E-state index is 0.0241. The normalized spacial score (nSPS) is 12.7. The van der Waals surface area contributed by atoms with Crippen molar-refractivity contribution in [3.05, 3.63) is 30.3 Å². The lowest BCUT2D eigenvalue weighted by Gasteiger charge is -2.21. The molecule has 5 heteroatoms. The smallest absolute Gasteiger partial charge is 0.257 e. The average molecular weight is 244 g/mol. The van der Waals surface area contributed by atoms with Crippen molar-refractivity contribution in [2.75, 3.05) is 5.75 Å². The van der Waals surface area contributed by atoms with E-state index in [1.165, 1.54) is 0 Å². The Kier molecular flexibility index (Phi) is 3.70. The largest absolute Gasteiger partial charge is 0.310 e. The minimum atomic E-state index is -3.36. The highest BCUT2D eigenvalue weighted by atomic mass is 32.2. The molecular formula is C10H16O3SSi. The van der Waals surface area contributed by atoms with Gasteiger partial charge in [0.2, 0.25) is 8.32 Å². The van der Waals surface area contributed by atoms with Gasteiger partial charge in [-0.05, 0) is 25.2 Å². The maximum atomic E-state index is 11.4. The first-order valence-corrected chi connectivity index (χ1v) is 9.35. The third-order valence-corrected chi connectivity index (χ3v) is 7.27. The van der Waals surface area contributed by atoms with Crippen molar-refractivity contribution in [2.24, 2.45) is 0 Å². The molecule has 1 aromatic carbocycles. The van der Waals surface area contributed by atoms with Crippen LogP contribution in [0.1, 0.15) is 6.92 Å². The van der Waals surface area contributed by atoms with Crippen LogP contribution >= 0.6 is 0 Å². The molecule has 15 heavy (non-hydrogen) atoms. The van der Waals surface area contributed by atoms with Gasteiger partial charge in [0.25, 0.3) is 10.1 Å². The maximum absolute atomic E-state index is 11.4. The molecule has 0 heterocycles. The second-order valence-corrected chi connectivity index (χ2v) is 9.76. The molecule has 3 nitrogen and oxygen atoms in total. The quantitative estimate of drug-likeness (QED) is 0.753. The van der Waals surface area contributed by atoms with E-state index in [4.69, 9.17) is 3.87 Å². The van der Waals surface area contributed by atoms with Crippen LogP contribution in [-0.4, -0.2) is 22.5 Å². The van der Waals surface area contributed by atoms with E-state index < -0.39 is 18.4 Å². The molecular weight excluding hydrogens is 228 g/mol. The summed E-state index contributed by atoms with van der Waals surface area (Å²) >= 11 is 0. The van der Waals surface area contributed by atoms with Gasteiger partial charge in [-0.15, -0.1) is 0 Å². The summed E-state index contributed by atoms with van der Waals surface area (Å²) in [5, 5.41) is 0.988. The van der Waals surface area contributed by atoms with Crippen LogP contribution in [0.5, 0.6) is 0 Å². The van der Waals surface area contributed by atoms with Crippen LogP contribution in [0.3, 0.4) is 0 Å². The zero-order chi connectivity index (χ0) is 11.5. The Morgan fingerprint density at radius 1 is 1.20 bits per heavy atom. The van der Waals surface area contributed by atoms with Crippen molar-refractivity contribution < 1.29 is 12.3 Å². The molecule has 0 radical (unpaired) electrons. The fourth-order valence-electron chi connectivity index (χ4n) is 1.26. The van der Waals surface area contributed by atoms with Gasteiger partial charge >= 0.3 is 0 Å². The Morgan fingerprint density at radius 2 is 1.73 bits per heavy atom. The van der Waals surface area contributed by atoms with Gasteiger partial charge in [0, 0.05) is 0 Å². The zero-order valence-corrected chi connectivity index (χ0v) is 11.0. The van der Waals surface area contributed by atoms with Gasteiger partial charge < -0.3 is 3.87 Å². The van der Waals surface area contributed by atoms with E-state index in [1.54, 1.807) is 6.92 Å². The lowest BCUT2D eigenvalue weighted by atomic mass is 10.4. The molecule has 0 amide bonds. The second kappa shape index (κ2) is 4.47. The summed E-state index contributed by atoms with van der Waals surface area (Å²) in [6.45, 7) is 5.36. The predicted octanol–water partition coefficient (Wildman–Crippen LogP) is 1.47. The van der Waals surface area contributed by atoms with E-state index in [-0.39, 0.29) is 5.75 Å². The molecule has 0 N–H and O–H groups in total. The average Bonchev–Trinajstić information content (AvgIpc) is 2.18. The molecule has 0 aliphatic heterocycles. The third-order valence-electron chi connectivity index (χ3n) is 2.16. The van der Waals surface area contributed by atoms with Crippen LogP contribution in [0.4, 0.5) is 0 Å². The van der Waals surface area contributed by atoms with Gasteiger partial charge in [-0.1, -0.05) is 30.3 Å². The molecule has 0 spiro atoms. The second-order valence-electron chi connectivity index (χ2n) is 3.81. The minimum Gasteiger partial charge on any atom is -0.310 e. The lowest BCUT2D eigenvalue weighted by Crippen LogP contribution is -2.46. The van der Waals surface area contributed by atoms with Gasteiger partial charge in [-0.25, -0.2) is 8.42 Å².